The Kier molecular flexibility index (Phi) is 25.4. The van der Waals surface area contributed by atoms with Crippen molar-refractivity contribution in [3.8, 4) is 11.1 Å². The summed E-state index contributed by atoms with van der Waals surface area (Å²) in [4.78, 5) is 38.7. The normalized spacial score (nSPS) is 21.3. The van der Waals surface area contributed by atoms with Crippen molar-refractivity contribution >= 4 is 104 Å². The molecule has 7 aliphatic heterocycles. The average Bonchev–Trinajstić information content (AvgIpc) is 1.04. The topological polar surface area (TPSA) is 228 Å². The minimum absolute atomic E-state index is 0. The first-order valence-corrected chi connectivity index (χ1v) is 40.1. The van der Waals surface area contributed by atoms with Crippen LogP contribution in [0.1, 0.15) is 95.0 Å². The van der Waals surface area contributed by atoms with E-state index in [1.807, 2.05) is 65.8 Å². The molecule has 0 aliphatic carbocycles. The van der Waals surface area contributed by atoms with Gasteiger partial charge in [0.1, 0.15) is 31.1 Å². The van der Waals surface area contributed by atoms with E-state index in [0.29, 0.717) is 62.7 Å². The van der Waals surface area contributed by atoms with Crippen LogP contribution >= 0.6 is 31.9 Å². The van der Waals surface area contributed by atoms with E-state index in [2.05, 4.69) is 104 Å². The summed E-state index contributed by atoms with van der Waals surface area (Å²) in [7, 11) is -6.75. The third-order valence-corrected chi connectivity index (χ3v) is 23.5. The number of aliphatic hydroxyl groups is 1. The summed E-state index contributed by atoms with van der Waals surface area (Å²) < 4.78 is 156. The first kappa shape index (κ1) is 81.5. The number of benzene rings is 5. The molecule has 4 saturated heterocycles. The van der Waals surface area contributed by atoms with Crippen molar-refractivity contribution in [3.63, 3.8) is 0 Å². The van der Waals surface area contributed by atoms with Crippen LogP contribution in [-0.2, 0) is 74.8 Å². The van der Waals surface area contributed by atoms with Crippen LogP contribution in [0.15, 0.2) is 137 Å². The molecule has 0 spiro atoms. The minimum atomic E-state index is -4.65. The van der Waals surface area contributed by atoms with Crippen LogP contribution in [0.5, 0.6) is 0 Å². The zero-order valence-electron chi connectivity index (χ0n) is 59.3. The minimum Gasteiger partial charge on any atom is -0.399 e. The third-order valence-electron chi connectivity index (χ3n) is 20.4. The van der Waals surface area contributed by atoms with Crippen molar-refractivity contribution in [1.29, 1.82) is 0 Å². The van der Waals surface area contributed by atoms with Gasteiger partial charge < -0.3 is 54.0 Å². The molecule has 5 aromatic carbocycles. The monoisotopic (exact) mass is 1640 g/mol. The largest absolute Gasteiger partial charge is 0.495 e. The van der Waals surface area contributed by atoms with E-state index in [4.69, 9.17) is 23.5 Å². The highest BCUT2D eigenvalue weighted by Crippen LogP contribution is 2.43. The molecular weight excluding hydrogens is 1550 g/mol. The second kappa shape index (κ2) is 33.1. The van der Waals surface area contributed by atoms with Gasteiger partial charge in [-0.15, -0.1) is 0 Å². The number of carbonyl (C=O) groups excluding carboxylic acids is 2. The van der Waals surface area contributed by atoms with Crippen LogP contribution in [-0.4, -0.2) is 170 Å². The molecule has 106 heavy (non-hydrogen) atoms. The number of halogens is 8. The number of hydrogen-bond donors (Lipinski definition) is 3. The van der Waals surface area contributed by atoms with Crippen LogP contribution < -0.4 is 30.8 Å². The van der Waals surface area contributed by atoms with Crippen molar-refractivity contribution in [1.82, 2.24) is 9.97 Å². The first-order chi connectivity index (χ1) is 49.4. The van der Waals surface area contributed by atoms with E-state index in [1.54, 1.807) is 30.3 Å². The lowest BCUT2D eigenvalue weighted by molar-refractivity contribution is -0.142. The summed E-state index contributed by atoms with van der Waals surface area (Å²) in [5, 5.41) is 14.8. The maximum Gasteiger partial charge on any atom is 0.495 e. The molecule has 30 heteroatoms. The predicted octanol–water partition coefficient (Wildman–Crippen LogP) is 13.0. The number of hydrogen-bond acceptors (Lipinski definition) is 17. The molecule has 2 amide bonds. The number of aliphatic hydroxyl groups excluding tert-OH is 1. The van der Waals surface area contributed by atoms with Crippen molar-refractivity contribution in [2.75, 3.05) is 115 Å². The summed E-state index contributed by atoms with van der Waals surface area (Å²) in [6, 6.07) is 33.6. The van der Waals surface area contributed by atoms with Crippen LogP contribution in [0.2, 0.25) is 0 Å². The van der Waals surface area contributed by atoms with Gasteiger partial charge in [-0.2, -0.15) is 26.3 Å². The molecule has 0 saturated carbocycles. The van der Waals surface area contributed by atoms with Crippen LogP contribution in [0.4, 0.5) is 54.8 Å². The van der Waals surface area contributed by atoms with Gasteiger partial charge in [0.2, 0.25) is 0 Å². The molecule has 3 N–H and O–H groups in total. The molecular formula is C76H88BBr2F6N7O12S2. The number of carbonyl (C=O) groups is 2. The van der Waals surface area contributed by atoms with Crippen LogP contribution in [0.3, 0.4) is 0 Å². The van der Waals surface area contributed by atoms with Crippen molar-refractivity contribution in [2.24, 2.45) is 17.8 Å². The first-order valence-electron chi connectivity index (χ1n) is 34.4. The van der Waals surface area contributed by atoms with Gasteiger partial charge >= 0.3 is 19.5 Å². The predicted molar refractivity (Wildman–Crippen MR) is 407 cm³/mol. The molecule has 6 unspecified atom stereocenters. The van der Waals surface area contributed by atoms with Gasteiger partial charge in [0, 0.05) is 106 Å². The highest BCUT2D eigenvalue weighted by molar-refractivity contribution is 9.10. The lowest BCUT2D eigenvalue weighted by atomic mass is 9.76. The van der Waals surface area contributed by atoms with E-state index in [9.17, 15) is 57.9 Å². The SMILES string of the molecule is C.CS(=O)(=O)CC1Cc2ccc(Br)cc2N2CCOCC12.Cc1ccc(NC(=O)c2ccnc(C(F)(F)F)c2)cc1-c1ccc2c(c1)N1CCOCC1C(CS(C)(=O)=O)C2.Cc1ccc(NC(=O)c2ccnc(C(F)(F)F)c2)cc1B1OC(C)(C)C(C)(C)O1.OCC1Cc2ccc(Br)cc2N2CCOCC12. The van der Waals surface area contributed by atoms with Crippen LogP contribution in [0, 0.1) is 31.6 Å². The number of morpholine rings is 3. The smallest absolute Gasteiger partial charge is 0.399 e. The number of fused-ring (bicyclic) bond motifs is 9. The highest BCUT2D eigenvalue weighted by Gasteiger charge is 2.52. The number of amides is 2. The third kappa shape index (κ3) is 19.5. The van der Waals surface area contributed by atoms with Gasteiger partial charge in [0.05, 0.1) is 80.5 Å². The number of nitrogens with zero attached hydrogens (tertiary/aromatic N) is 5. The lowest BCUT2D eigenvalue weighted by Gasteiger charge is -2.46. The quantitative estimate of drug-likeness (QED) is 0.0808. The van der Waals surface area contributed by atoms with Gasteiger partial charge in [-0.1, -0.05) is 81.2 Å². The number of aryl methyl sites for hydroxylation is 2. The molecule has 0 bridgehead atoms. The molecule has 4 fully saturated rings. The molecule has 570 valence electrons. The zero-order valence-corrected chi connectivity index (χ0v) is 64.1. The van der Waals surface area contributed by atoms with Crippen molar-refractivity contribution in [3.05, 3.63) is 187 Å². The summed E-state index contributed by atoms with van der Waals surface area (Å²) in [5.41, 5.74) is 8.90. The Bertz CT molecular complexity index is 4580. The van der Waals surface area contributed by atoms with Crippen molar-refractivity contribution in [2.45, 2.75) is 110 Å². The van der Waals surface area contributed by atoms with Gasteiger partial charge in [0.15, 0.2) is 0 Å². The summed E-state index contributed by atoms with van der Waals surface area (Å²) in [6.45, 7) is 18.1. The fraction of sp³-hybridized carbons (Fsp3) is 0.447. The van der Waals surface area contributed by atoms with E-state index in [0.717, 1.165) is 112 Å². The Hall–Kier alpha value is -7.00. The van der Waals surface area contributed by atoms with E-state index < -0.39 is 73.5 Å². The molecule has 0 radical (unpaired) electrons. The van der Waals surface area contributed by atoms with Gasteiger partial charge in [-0.05, 0) is 190 Å². The lowest BCUT2D eigenvalue weighted by Crippen LogP contribution is -2.54. The Morgan fingerprint density at radius 2 is 0.953 bits per heavy atom. The Morgan fingerprint density at radius 1 is 0.557 bits per heavy atom. The molecule has 6 atom stereocenters. The van der Waals surface area contributed by atoms with Gasteiger partial charge in [-0.3, -0.25) is 19.6 Å². The van der Waals surface area contributed by atoms with Gasteiger partial charge in [0.25, 0.3) is 11.8 Å². The summed E-state index contributed by atoms with van der Waals surface area (Å²) in [5.74, 6) is -0.667. The van der Waals surface area contributed by atoms with E-state index in [1.165, 1.54) is 47.1 Å². The number of rotatable bonds is 11. The maximum atomic E-state index is 13.0. The number of aromatic nitrogens is 2. The number of anilines is 5. The van der Waals surface area contributed by atoms with E-state index >= 15 is 0 Å². The molecule has 7 aliphatic rings. The average molecular weight is 1640 g/mol. The maximum absolute atomic E-state index is 13.0. The molecule has 14 rings (SSSR count). The Morgan fingerprint density at radius 3 is 1.38 bits per heavy atom. The van der Waals surface area contributed by atoms with E-state index in [-0.39, 0.29) is 60.6 Å². The number of pyridine rings is 2. The summed E-state index contributed by atoms with van der Waals surface area (Å²) >= 11 is 7.05. The number of alkyl halides is 6. The molecule has 9 heterocycles. The molecule has 7 aromatic rings. The number of nitrogens with one attached hydrogen (secondary N) is 2. The second-order valence-corrected chi connectivity index (χ2v) is 34.8. The van der Waals surface area contributed by atoms with Crippen molar-refractivity contribution < 1.29 is 81.4 Å². The van der Waals surface area contributed by atoms with Crippen LogP contribution in [0.25, 0.3) is 11.1 Å². The zero-order chi connectivity index (χ0) is 75.7. The molecule has 19 nitrogen and oxygen atoms in total. The summed E-state index contributed by atoms with van der Waals surface area (Å²) in [6.07, 6.45) is -2.38. The second-order valence-electron chi connectivity index (χ2n) is 28.6. The fourth-order valence-corrected chi connectivity index (χ4v) is 17.4. The standard InChI is InChI=1S/C28H28F3N3O4S.C20H22BF3N2O3.C14H18BrNO3S.C13H16BrNO2.CH4/c1-17-3-6-22(33-27(35)20-7-8-32-26(13-20)28(29,30)31)14-23(17)18-4-5-19-11-21(16-39(2,36)37)25-15-38-10-9-34(25)24(19)12-18;1-12-6-7-14(11-15(12)21-28-18(2,3)19(4,5)29-21)26-17(27)13-8-9-25-16(10-13)20(22,23)24;1-20(17,18)9-11-6-10-2-3-12(15)7-13(10)16-4-5-19-8-14(11)16;14-11-2-1-9-5-10(7-16)13-8-17-4-3-15(13)12(9)6-11;/h3-8,12-14,21,25H,9-11,15-16H2,1-2H3,(H,33,35);6-11H,1-5H3,(H,26,27);2-3,7,11,14H,4-6,8-9H2,1H3;1-2,6,10,13,16H,3-5,7-8H2;1H4. The fourth-order valence-electron chi connectivity index (χ4n) is 14.4. The Balaban J connectivity index is 0.000000158. The highest BCUT2D eigenvalue weighted by atomic mass is 79.9. The van der Waals surface area contributed by atoms with Gasteiger partial charge in [-0.25, -0.2) is 16.8 Å². The number of ether oxygens (including phenoxy) is 3. The Labute approximate surface area is 632 Å². The molecule has 2 aromatic heterocycles. The number of sulfone groups is 2.